The van der Waals surface area contributed by atoms with E-state index >= 15 is 0 Å². The van der Waals surface area contributed by atoms with Crippen LogP contribution < -0.4 is 15.4 Å². The van der Waals surface area contributed by atoms with Crippen LogP contribution in [0.4, 0.5) is 5.69 Å². The van der Waals surface area contributed by atoms with Crippen LogP contribution in [0, 0.1) is 0 Å². The molecule has 2 rings (SSSR count). The third-order valence-corrected chi connectivity index (χ3v) is 3.80. The lowest BCUT2D eigenvalue weighted by atomic mass is 9.86. The lowest BCUT2D eigenvalue weighted by molar-refractivity contribution is -0.115. The maximum atomic E-state index is 12.2. The van der Waals surface area contributed by atoms with E-state index in [1.54, 1.807) is 7.11 Å². The van der Waals surface area contributed by atoms with Gasteiger partial charge in [0.25, 0.3) is 0 Å². The Kier molecular flexibility index (Phi) is 5.99. The number of nitrogens with one attached hydrogen (secondary N) is 2. The van der Waals surface area contributed by atoms with Crippen LogP contribution in [0.3, 0.4) is 0 Å². The number of methoxy groups -OCH3 is 1. The topological polar surface area (TPSA) is 50.4 Å². The van der Waals surface area contributed by atoms with Gasteiger partial charge in [-0.05, 0) is 23.1 Å². The maximum absolute atomic E-state index is 12.2. The zero-order valence-corrected chi connectivity index (χ0v) is 14.8. The first kappa shape index (κ1) is 18.0. The summed E-state index contributed by atoms with van der Waals surface area (Å²) in [5.74, 6) is 0.769. The van der Waals surface area contributed by atoms with Gasteiger partial charge in [0.05, 0.1) is 13.7 Å². The predicted molar refractivity (Wildman–Crippen MR) is 98.5 cm³/mol. The molecule has 1 amide bonds. The van der Waals surface area contributed by atoms with E-state index in [0.29, 0.717) is 6.54 Å². The van der Waals surface area contributed by atoms with E-state index in [2.05, 4.69) is 37.5 Å². The Morgan fingerprint density at radius 3 is 2.42 bits per heavy atom. The van der Waals surface area contributed by atoms with Crippen LogP contribution in [0.25, 0.3) is 0 Å². The third kappa shape index (κ3) is 4.83. The Balaban J connectivity index is 1.93. The molecular formula is C20H26N2O2. The molecule has 0 saturated carbocycles. The molecule has 24 heavy (non-hydrogen) atoms. The minimum Gasteiger partial charge on any atom is -0.496 e. The van der Waals surface area contributed by atoms with Gasteiger partial charge in [0.1, 0.15) is 5.75 Å². The zero-order chi connectivity index (χ0) is 17.6. The van der Waals surface area contributed by atoms with E-state index in [0.717, 1.165) is 22.6 Å². The summed E-state index contributed by atoms with van der Waals surface area (Å²) in [6, 6.07) is 15.7. The maximum Gasteiger partial charge on any atom is 0.238 e. The number of benzene rings is 2. The van der Waals surface area contributed by atoms with E-state index < -0.39 is 0 Å². The van der Waals surface area contributed by atoms with Crippen LogP contribution in [0.5, 0.6) is 5.75 Å². The van der Waals surface area contributed by atoms with Crippen molar-refractivity contribution in [3.63, 3.8) is 0 Å². The van der Waals surface area contributed by atoms with E-state index in [9.17, 15) is 4.79 Å². The van der Waals surface area contributed by atoms with E-state index in [-0.39, 0.29) is 17.9 Å². The molecule has 4 nitrogen and oxygen atoms in total. The molecule has 0 aromatic heterocycles. The highest BCUT2D eigenvalue weighted by Gasteiger charge is 2.18. The van der Waals surface area contributed by atoms with E-state index in [1.807, 2.05) is 42.5 Å². The van der Waals surface area contributed by atoms with Gasteiger partial charge >= 0.3 is 0 Å². The summed E-state index contributed by atoms with van der Waals surface area (Å²) in [6.45, 7) is 7.24. The molecule has 0 radical (unpaired) electrons. The number of hydrogen-bond donors (Lipinski definition) is 2. The fourth-order valence-corrected chi connectivity index (χ4v) is 2.60. The van der Waals surface area contributed by atoms with Crippen molar-refractivity contribution in [3.8, 4) is 5.75 Å². The Hall–Kier alpha value is -2.33. The van der Waals surface area contributed by atoms with E-state index in [1.165, 1.54) is 0 Å². The minimum absolute atomic E-state index is 0.0191. The Morgan fingerprint density at radius 1 is 1.04 bits per heavy atom. The third-order valence-electron chi connectivity index (χ3n) is 3.80. The highest BCUT2D eigenvalue weighted by atomic mass is 16.5. The summed E-state index contributed by atoms with van der Waals surface area (Å²) < 4.78 is 5.31. The first-order valence-electron chi connectivity index (χ1n) is 8.14. The fraction of sp³-hybridized carbons (Fsp3) is 0.350. The standard InChI is InChI=1S/C20H26N2O2/c1-20(2,3)16-10-6-7-11-17(16)22-19(23)14-21-13-15-9-5-8-12-18(15)24-4/h5-12,21H,13-14H2,1-4H3,(H,22,23). The van der Waals surface area contributed by atoms with Gasteiger partial charge in [-0.2, -0.15) is 0 Å². The second-order valence-electron chi connectivity index (χ2n) is 6.76. The molecule has 0 aliphatic rings. The smallest absolute Gasteiger partial charge is 0.238 e. The number of amides is 1. The van der Waals surface area contributed by atoms with Crippen molar-refractivity contribution in [2.75, 3.05) is 19.0 Å². The molecule has 4 heteroatoms. The van der Waals surface area contributed by atoms with Crippen molar-refractivity contribution in [2.45, 2.75) is 32.7 Å². The fourth-order valence-electron chi connectivity index (χ4n) is 2.60. The van der Waals surface area contributed by atoms with Gasteiger partial charge < -0.3 is 15.4 Å². The Bertz CT molecular complexity index is 690. The number of anilines is 1. The van der Waals surface area contributed by atoms with Crippen LogP contribution >= 0.6 is 0 Å². The largest absolute Gasteiger partial charge is 0.496 e. The lowest BCUT2D eigenvalue weighted by Crippen LogP contribution is -2.29. The molecule has 0 heterocycles. The van der Waals surface area contributed by atoms with Gasteiger partial charge in [-0.15, -0.1) is 0 Å². The van der Waals surface area contributed by atoms with Crippen molar-refractivity contribution in [1.82, 2.24) is 5.32 Å². The van der Waals surface area contributed by atoms with Crippen molar-refractivity contribution in [3.05, 3.63) is 59.7 Å². The second-order valence-corrected chi connectivity index (χ2v) is 6.76. The highest BCUT2D eigenvalue weighted by Crippen LogP contribution is 2.29. The van der Waals surface area contributed by atoms with Crippen molar-refractivity contribution < 1.29 is 9.53 Å². The van der Waals surface area contributed by atoms with Gasteiger partial charge in [-0.25, -0.2) is 0 Å². The van der Waals surface area contributed by atoms with Crippen molar-refractivity contribution in [1.29, 1.82) is 0 Å². The summed E-state index contributed by atoms with van der Waals surface area (Å²) in [5, 5.41) is 6.16. The number of hydrogen-bond acceptors (Lipinski definition) is 3. The minimum atomic E-state index is -0.0541. The molecule has 0 aliphatic carbocycles. The average molecular weight is 326 g/mol. The van der Waals surface area contributed by atoms with Crippen LogP contribution in [-0.4, -0.2) is 19.6 Å². The molecular weight excluding hydrogens is 300 g/mol. The number of carbonyl (C=O) groups excluding carboxylic acids is 1. The highest BCUT2D eigenvalue weighted by molar-refractivity contribution is 5.93. The van der Waals surface area contributed by atoms with Gasteiger partial charge in [0.15, 0.2) is 0 Å². The monoisotopic (exact) mass is 326 g/mol. The average Bonchev–Trinajstić information content (AvgIpc) is 2.55. The number of rotatable bonds is 6. The first-order valence-corrected chi connectivity index (χ1v) is 8.14. The van der Waals surface area contributed by atoms with Gasteiger partial charge in [0, 0.05) is 17.8 Å². The molecule has 128 valence electrons. The van der Waals surface area contributed by atoms with Gasteiger partial charge in [-0.3, -0.25) is 4.79 Å². The Morgan fingerprint density at radius 2 is 1.71 bits per heavy atom. The van der Waals surface area contributed by atoms with Crippen LogP contribution in [0.1, 0.15) is 31.9 Å². The van der Waals surface area contributed by atoms with Gasteiger partial charge in [-0.1, -0.05) is 57.2 Å². The first-order chi connectivity index (χ1) is 11.4. The van der Waals surface area contributed by atoms with Crippen molar-refractivity contribution in [2.24, 2.45) is 0 Å². The molecule has 0 aliphatic heterocycles. The summed E-state index contributed by atoms with van der Waals surface area (Å²) >= 11 is 0. The summed E-state index contributed by atoms with van der Waals surface area (Å²) in [6.07, 6.45) is 0. The molecule has 2 aromatic carbocycles. The summed E-state index contributed by atoms with van der Waals surface area (Å²) in [5.41, 5.74) is 3.01. The number of ether oxygens (including phenoxy) is 1. The lowest BCUT2D eigenvalue weighted by Gasteiger charge is -2.23. The van der Waals surface area contributed by atoms with Crippen LogP contribution in [0.2, 0.25) is 0 Å². The molecule has 2 aromatic rings. The molecule has 0 fully saturated rings. The van der Waals surface area contributed by atoms with E-state index in [4.69, 9.17) is 4.74 Å². The number of para-hydroxylation sites is 2. The SMILES string of the molecule is COc1ccccc1CNCC(=O)Nc1ccccc1C(C)(C)C. The molecule has 0 atom stereocenters. The normalized spacial score (nSPS) is 11.2. The summed E-state index contributed by atoms with van der Waals surface area (Å²) in [7, 11) is 1.65. The second kappa shape index (κ2) is 7.97. The van der Waals surface area contributed by atoms with Crippen LogP contribution in [0.15, 0.2) is 48.5 Å². The quantitative estimate of drug-likeness (QED) is 0.850. The molecule has 0 bridgehead atoms. The molecule has 2 N–H and O–H groups in total. The predicted octanol–water partition coefficient (Wildman–Crippen LogP) is 3.72. The van der Waals surface area contributed by atoms with Crippen LogP contribution in [-0.2, 0) is 16.8 Å². The zero-order valence-electron chi connectivity index (χ0n) is 14.8. The van der Waals surface area contributed by atoms with Crippen molar-refractivity contribution >= 4 is 11.6 Å². The number of carbonyl (C=O) groups is 1. The molecule has 0 saturated heterocycles. The Labute approximate surface area is 144 Å². The molecule has 0 spiro atoms. The van der Waals surface area contributed by atoms with Gasteiger partial charge in [0.2, 0.25) is 5.91 Å². The summed E-state index contributed by atoms with van der Waals surface area (Å²) in [4.78, 5) is 12.2. The molecule has 0 unspecified atom stereocenters.